The highest BCUT2D eigenvalue weighted by Gasteiger charge is 2.17. The van der Waals surface area contributed by atoms with Crippen LogP contribution in [0.15, 0.2) is 22.5 Å². The van der Waals surface area contributed by atoms with E-state index in [9.17, 15) is 4.79 Å². The first-order valence-electron chi connectivity index (χ1n) is 5.93. The number of allylic oxidation sites excluding steroid dienone is 1. The Morgan fingerprint density at radius 3 is 2.63 bits per heavy atom. The van der Waals surface area contributed by atoms with Gasteiger partial charge >= 0.3 is 0 Å². The third-order valence-electron chi connectivity index (χ3n) is 2.51. The van der Waals surface area contributed by atoms with Gasteiger partial charge in [0.15, 0.2) is 5.17 Å². The lowest BCUT2D eigenvalue weighted by Gasteiger charge is -2.18. The molecule has 1 aromatic rings. The standard InChI is InChI=1S/C13H20N4OS/c1-9(2)19-13(14-5)16(6)12(18)8-17-11(4)7-10(3)15-17/h7H,1,8H2,2-6H3/b14-13-. The van der Waals surface area contributed by atoms with Crippen LogP contribution in [0.2, 0.25) is 0 Å². The molecular formula is C13H20N4OS. The lowest BCUT2D eigenvalue weighted by atomic mass is 10.4. The van der Waals surface area contributed by atoms with Crippen molar-refractivity contribution in [3.05, 3.63) is 28.9 Å². The molecule has 0 radical (unpaired) electrons. The molecule has 1 amide bonds. The number of thioether (sulfide) groups is 1. The van der Waals surface area contributed by atoms with Gasteiger partial charge in [0.1, 0.15) is 6.54 Å². The molecule has 1 heterocycles. The van der Waals surface area contributed by atoms with E-state index >= 15 is 0 Å². The molecule has 0 saturated heterocycles. The second kappa shape index (κ2) is 6.56. The van der Waals surface area contributed by atoms with Gasteiger partial charge in [0.2, 0.25) is 5.91 Å². The molecule has 0 unspecified atom stereocenters. The fourth-order valence-electron chi connectivity index (χ4n) is 1.60. The van der Waals surface area contributed by atoms with E-state index in [-0.39, 0.29) is 12.5 Å². The van der Waals surface area contributed by atoms with Gasteiger partial charge in [-0.25, -0.2) is 0 Å². The van der Waals surface area contributed by atoms with Gasteiger partial charge in [-0.15, -0.1) is 0 Å². The number of amides is 1. The predicted molar refractivity (Wildman–Crippen MR) is 80.2 cm³/mol. The smallest absolute Gasteiger partial charge is 0.250 e. The zero-order chi connectivity index (χ0) is 14.6. The van der Waals surface area contributed by atoms with Gasteiger partial charge < -0.3 is 0 Å². The van der Waals surface area contributed by atoms with Crippen molar-refractivity contribution in [1.29, 1.82) is 0 Å². The van der Waals surface area contributed by atoms with Crippen LogP contribution < -0.4 is 0 Å². The number of aliphatic imine (C=N–C) groups is 1. The molecule has 0 aromatic carbocycles. The van der Waals surface area contributed by atoms with Crippen molar-refractivity contribution in [2.75, 3.05) is 14.1 Å². The summed E-state index contributed by atoms with van der Waals surface area (Å²) in [6.45, 7) is 9.76. The number of likely N-dealkylation sites (N-methyl/N-ethyl adjacent to an activating group) is 1. The third kappa shape index (κ3) is 4.24. The van der Waals surface area contributed by atoms with Crippen molar-refractivity contribution >= 4 is 22.8 Å². The summed E-state index contributed by atoms with van der Waals surface area (Å²) >= 11 is 1.39. The summed E-state index contributed by atoms with van der Waals surface area (Å²) in [5.74, 6) is -0.0550. The number of carbonyl (C=O) groups excluding carboxylic acids is 1. The first kappa shape index (κ1) is 15.5. The fourth-order valence-corrected chi connectivity index (χ4v) is 2.24. The molecular weight excluding hydrogens is 260 g/mol. The normalized spacial score (nSPS) is 11.5. The Bertz CT molecular complexity index is 519. The summed E-state index contributed by atoms with van der Waals surface area (Å²) in [5, 5.41) is 4.92. The van der Waals surface area contributed by atoms with Crippen LogP contribution in [-0.4, -0.2) is 39.9 Å². The molecule has 19 heavy (non-hydrogen) atoms. The van der Waals surface area contributed by atoms with Gasteiger partial charge in [0.05, 0.1) is 5.69 Å². The topological polar surface area (TPSA) is 50.5 Å². The number of hydrogen-bond acceptors (Lipinski definition) is 4. The largest absolute Gasteiger partial charge is 0.293 e. The first-order chi connectivity index (χ1) is 8.85. The van der Waals surface area contributed by atoms with E-state index in [2.05, 4.69) is 16.7 Å². The highest BCUT2D eigenvalue weighted by Crippen LogP contribution is 2.17. The van der Waals surface area contributed by atoms with Crippen LogP contribution in [0.1, 0.15) is 18.3 Å². The van der Waals surface area contributed by atoms with E-state index in [1.807, 2.05) is 26.8 Å². The quantitative estimate of drug-likeness (QED) is 0.630. The molecule has 0 bridgehead atoms. The Balaban J connectivity index is 2.77. The maximum atomic E-state index is 12.2. The van der Waals surface area contributed by atoms with Crippen molar-refractivity contribution in [3.8, 4) is 0 Å². The number of amidine groups is 1. The van der Waals surface area contributed by atoms with E-state index in [1.54, 1.807) is 18.8 Å². The highest BCUT2D eigenvalue weighted by atomic mass is 32.2. The van der Waals surface area contributed by atoms with Crippen molar-refractivity contribution in [3.63, 3.8) is 0 Å². The number of aromatic nitrogens is 2. The summed E-state index contributed by atoms with van der Waals surface area (Å²) in [6.07, 6.45) is 0. The zero-order valence-electron chi connectivity index (χ0n) is 12.1. The Kier molecular flexibility index (Phi) is 5.35. The van der Waals surface area contributed by atoms with Gasteiger partial charge in [0, 0.05) is 19.8 Å². The van der Waals surface area contributed by atoms with E-state index in [0.29, 0.717) is 5.17 Å². The third-order valence-corrected chi connectivity index (χ3v) is 3.49. The van der Waals surface area contributed by atoms with E-state index in [1.165, 1.54) is 16.7 Å². The molecule has 0 aliphatic heterocycles. The first-order valence-corrected chi connectivity index (χ1v) is 6.74. The summed E-state index contributed by atoms with van der Waals surface area (Å²) < 4.78 is 1.70. The monoisotopic (exact) mass is 280 g/mol. The summed E-state index contributed by atoms with van der Waals surface area (Å²) in [4.78, 5) is 18.7. The van der Waals surface area contributed by atoms with Gasteiger partial charge in [-0.1, -0.05) is 18.3 Å². The minimum Gasteiger partial charge on any atom is -0.293 e. The maximum Gasteiger partial charge on any atom is 0.250 e. The molecule has 0 aliphatic carbocycles. The summed E-state index contributed by atoms with van der Waals surface area (Å²) in [5.41, 5.74) is 1.88. The lowest BCUT2D eigenvalue weighted by Crippen LogP contribution is -2.34. The molecule has 0 spiro atoms. The molecule has 0 fully saturated rings. The van der Waals surface area contributed by atoms with Crippen LogP contribution in [0, 0.1) is 13.8 Å². The van der Waals surface area contributed by atoms with Crippen LogP contribution in [0.25, 0.3) is 0 Å². The number of aryl methyl sites for hydroxylation is 2. The molecule has 6 heteroatoms. The number of hydrogen-bond donors (Lipinski definition) is 0. The maximum absolute atomic E-state index is 12.2. The van der Waals surface area contributed by atoms with Crippen LogP contribution in [-0.2, 0) is 11.3 Å². The lowest BCUT2D eigenvalue weighted by molar-refractivity contribution is -0.127. The molecule has 0 aliphatic rings. The second-order valence-corrected chi connectivity index (χ2v) is 5.61. The minimum atomic E-state index is -0.0550. The van der Waals surface area contributed by atoms with Crippen LogP contribution in [0.3, 0.4) is 0 Å². The van der Waals surface area contributed by atoms with Gasteiger partial charge in [-0.05, 0) is 31.7 Å². The Morgan fingerprint density at radius 1 is 1.58 bits per heavy atom. The number of carbonyl (C=O) groups is 1. The van der Waals surface area contributed by atoms with Gasteiger partial charge in [-0.2, -0.15) is 5.10 Å². The van der Waals surface area contributed by atoms with Crippen molar-refractivity contribution in [2.24, 2.45) is 4.99 Å². The molecule has 1 aromatic heterocycles. The molecule has 5 nitrogen and oxygen atoms in total. The molecule has 1 rings (SSSR count). The average Bonchev–Trinajstić information content (AvgIpc) is 2.63. The number of nitrogens with zero attached hydrogens (tertiary/aromatic N) is 4. The Labute approximate surface area is 118 Å². The Hall–Kier alpha value is -1.56. The van der Waals surface area contributed by atoms with E-state index in [4.69, 9.17) is 0 Å². The minimum absolute atomic E-state index is 0.0550. The van der Waals surface area contributed by atoms with Crippen molar-refractivity contribution in [2.45, 2.75) is 27.3 Å². The van der Waals surface area contributed by atoms with Gasteiger partial charge in [0.25, 0.3) is 0 Å². The molecule has 0 saturated carbocycles. The van der Waals surface area contributed by atoms with E-state index < -0.39 is 0 Å². The van der Waals surface area contributed by atoms with Crippen LogP contribution in [0.5, 0.6) is 0 Å². The number of rotatable bonds is 3. The van der Waals surface area contributed by atoms with E-state index in [0.717, 1.165) is 16.3 Å². The zero-order valence-corrected chi connectivity index (χ0v) is 12.9. The summed E-state index contributed by atoms with van der Waals surface area (Å²) in [7, 11) is 3.38. The average molecular weight is 280 g/mol. The van der Waals surface area contributed by atoms with Crippen molar-refractivity contribution < 1.29 is 4.79 Å². The van der Waals surface area contributed by atoms with Gasteiger partial charge in [-0.3, -0.25) is 19.4 Å². The predicted octanol–water partition coefficient (Wildman–Crippen LogP) is 2.21. The molecule has 0 atom stereocenters. The summed E-state index contributed by atoms with van der Waals surface area (Å²) in [6, 6.07) is 1.95. The van der Waals surface area contributed by atoms with Crippen molar-refractivity contribution in [1.82, 2.24) is 14.7 Å². The second-order valence-electron chi connectivity index (χ2n) is 4.35. The fraction of sp³-hybridized carbons (Fsp3) is 0.462. The highest BCUT2D eigenvalue weighted by molar-refractivity contribution is 8.17. The Morgan fingerprint density at radius 2 is 2.21 bits per heavy atom. The SMILES string of the molecule is C=C(C)S/C(=N\C)N(C)C(=O)Cn1nc(C)cc1C. The van der Waals surface area contributed by atoms with Crippen LogP contribution in [0.4, 0.5) is 0 Å². The molecule has 104 valence electrons. The van der Waals surface area contributed by atoms with Crippen LogP contribution >= 0.6 is 11.8 Å². The molecule has 0 N–H and O–H groups in total.